The standard InChI is InChI=1S/C47H64Cl3NO28/c1-16-31(76-43-39(72-27(12)60)36(69-24(9)57)32(17(2)64-43)66-21(6)54)34(29(14-62-19(4)52)74-42(16)79-46(51)47(48,49)50)77-45-41(38(71-26(11)59)35(68-23(8)56)30(75-45)15-63-20(5)53)78-44-40(73-28(13)61)37(70-25(10)58)33(18(3)65-44)67-22(7)55/h16-18,29-45,51H,14-15H2,1-13H3/t16?,17?,18?,29?,30?,31-,32?,33+,34?,35?,36-,37?,38+,39?,40+,41?,42?,43+,44?,45+/m1/s1. The SMILES string of the molecule is CC(=O)OCC1OC(OC(=N)C(Cl)(Cl)Cl)C(C)[C@@H](O[C@@H]2OC(C)C(OC(C)=O)[C@@H](OC(C)=O)C2OC(C)=O)C1O[C@@H]1OC(COC(C)=O)C(OC(C)=O)[C@H](OC(C)=O)C1OC1OC(C)[C@H](OC(C)=O)C(OC(C)=O)[C@@H]1OC(C)=O. The maximum Gasteiger partial charge on any atom is 0.303 e. The summed E-state index contributed by atoms with van der Waals surface area (Å²) in [5.41, 5.74) is 0. The van der Waals surface area contributed by atoms with Crippen LogP contribution in [0.4, 0.5) is 0 Å². The van der Waals surface area contributed by atoms with Crippen LogP contribution >= 0.6 is 34.8 Å². The van der Waals surface area contributed by atoms with Gasteiger partial charge in [0.25, 0.3) is 3.79 Å². The lowest BCUT2D eigenvalue weighted by Crippen LogP contribution is -2.68. The smallest absolute Gasteiger partial charge is 0.303 e. The Morgan fingerprint density at radius 2 is 0.646 bits per heavy atom. The topological polar surface area (TPSA) is 361 Å². The molecular weight excluding hydrogens is 1130 g/mol. The van der Waals surface area contributed by atoms with Crippen LogP contribution in [0.1, 0.15) is 90.0 Å². The average molecular weight is 1200 g/mol. The largest absolute Gasteiger partial charge is 0.463 e. The van der Waals surface area contributed by atoms with E-state index in [0.717, 1.165) is 69.2 Å². The zero-order chi connectivity index (χ0) is 59.5. The molecule has 4 saturated heterocycles. The second-order valence-electron chi connectivity index (χ2n) is 18.3. The first-order chi connectivity index (χ1) is 36.7. The fourth-order valence-electron chi connectivity index (χ4n) is 8.81. The van der Waals surface area contributed by atoms with Crippen molar-refractivity contribution >= 4 is 100 Å². The van der Waals surface area contributed by atoms with Gasteiger partial charge in [-0.15, -0.1) is 0 Å². The number of carbonyl (C=O) groups is 10. The first kappa shape index (κ1) is 66.3. The zero-order valence-corrected chi connectivity index (χ0v) is 47.3. The van der Waals surface area contributed by atoms with Crippen LogP contribution in [0, 0.1) is 11.3 Å². The molecule has 0 bridgehead atoms. The van der Waals surface area contributed by atoms with Gasteiger partial charge in [-0.1, -0.05) is 41.7 Å². The summed E-state index contributed by atoms with van der Waals surface area (Å²) >= 11 is 18.1. The van der Waals surface area contributed by atoms with Gasteiger partial charge >= 0.3 is 59.7 Å². The van der Waals surface area contributed by atoms with Gasteiger partial charge in [0.05, 0.1) is 18.3 Å². The first-order valence-electron chi connectivity index (χ1n) is 24.2. The van der Waals surface area contributed by atoms with E-state index >= 15 is 0 Å². The lowest BCUT2D eigenvalue weighted by Gasteiger charge is -2.51. The maximum atomic E-state index is 13.2. The molecule has 4 aliphatic rings. The average Bonchev–Trinajstić information content (AvgIpc) is 3.47. The Morgan fingerprint density at radius 1 is 0.354 bits per heavy atom. The van der Waals surface area contributed by atoms with Gasteiger partial charge in [-0.2, -0.15) is 0 Å². The predicted molar refractivity (Wildman–Crippen MR) is 257 cm³/mol. The Balaban J connectivity index is 2.06. The molecule has 13 unspecified atom stereocenters. The van der Waals surface area contributed by atoms with Crippen LogP contribution in [-0.2, 0) is 133 Å². The molecule has 0 amide bonds. The number of carbonyl (C=O) groups excluding carboxylic acids is 10. The van der Waals surface area contributed by atoms with E-state index in [1.807, 2.05) is 0 Å². The molecule has 0 aromatic carbocycles. The third kappa shape index (κ3) is 18.9. The summed E-state index contributed by atoms with van der Waals surface area (Å²) in [6, 6.07) is 0. The van der Waals surface area contributed by atoms with Gasteiger partial charge < -0.3 is 85.3 Å². The van der Waals surface area contributed by atoms with Crippen molar-refractivity contribution < 1.29 is 133 Å². The van der Waals surface area contributed by atoms with E-state index in [-0.39, 0.29) is 0 Å². The Morgan fingerprint density at radius 3 is 1.01 bits per heavy atom. The van der Waals surface area contributed by atoms with Crippen LogP contribution in [0.2, 0.25) is 0 Å². The summed E-state index contributed by atoms with van der Waals surface area (Å²) in [6.45, 7) is 12.7. The van der Waals surface area contributed by atoms with Crippen molar-refractivity contribution in [3.05, 3.63) is 0 Å². The molecule has 0 aliphatic carbocycles. The number of hydrogen-bond acceptors (Lipinski definition) is 29. The Bertz CT molecular complexity index is 2250. The summed E-state index contributed by atoms with van der Waals surface area (Å²) in [6.07, 6.45) is -32.7. The molecule has 1 N–H and O–H groups in total. The number of alkyl halides is 3. The minimum atomic E-state index is -2.51. The van der Waals surface area contributed by atoms with Gasteiger partial charge in [-0.05, 0) is 13.8 Å². The van der Waals surface area contributed by atoms with Gasteiger partial charge in [0.2, 0.25) is 12.2 Å². The summed E-state index contributed by atoms with van der Waals surface area (Å²) in [4.78, 5) is 127. The minimum Gasteiger partial charge on any atom is -0.463 e. The number of esters is 10. The highest BCUT2D eigenvalue weighted by molar-refractivity contribution is 6.76. The highest BCUT2D eigenvalue weighted by atomic mass is 35.6. The second-order valence-corrected chi connectivity index (χ2v) is 20.6. The normalized spacial score (nSPS) is 34.4. The molecule has 0 saturated carbocycles. The third-order valence-electron chi connectivity index (χ3n) is 11.7. The fourth-order valence-corrected chi connectivity index (χ4v) is 8.94. The number of ether oxygens (including phenoxy) is 18. The highest BCUT2D eigenvalue weighted by Gasteiger charge is 2.60. The number of halogens is 3. The van der Waals surface area contributed by atoms with Gasteiger partial charge in [0.1, 0.15) is 31.5 Å². The third-order valence-corrected chi connectivity index (χ3v) is 12.2. The van der Waals surface area contributed by atoms with E-state index < -0.39 is 205 Å². The Hall–Kier alpha value is -5.24. The van der Waals surface area contributed by atoms with Crippen LogP contribution in [0.25, 0.3) is 0 Å². The van der Waals surface area contributed by atoms with Crippen molar-refractivity contribution in [1.29, 1.82) is 5.41 Å². The van der Waals surface area contributed by atoms with Gasteiger partial charge in [-0.3, -0.25) is 53.4 Å². The minimum absolute atomic E-state index is 0.758. The van der Waals surface area contributed by atoms with Gasteiger partial charge in [0.15, 0.2) is 73.8 Å². The molecule has 79 heavy (non-hydrogen) atoms. The molecule has 4 heterocycles. The predicted octanol–water partition coefficient (Wildman–Crippen LogP) is 1.66. The quantitative estimate of drug-likeness (QED) is 0.0632. The van der Waals surface area contributed by atoms with Crippen LogP contribution in [0.15, 0.2) is 0 Å². The Labute approximate surface area is 467 Å². The molecule has 20 atom stereocenters. The molecular formula is C47H64Cl3NO28. The van der Waals surface area contributed by atoms with Crippen LogP contribution in [0.5, 0.6) is 0 Å². The van der Waals surface area contributed by atoms with Crippen molar-refractivity contribution in [1.82, 2.24) is 0 Å². The molecule has 4 aliphatic heterocycles. The van der Waals surface area contributed by atoms with Gasteiger partial charge in [0, 0.05) is 75.2 Å². The number of hydrogen-bond donors (Lipinski definition) is 1. The van der Waals surface area contributed by atoms with E-state index in [9.17, 15) is 47.9 Å². The highest BCUT2D eigenvalue weighted by Crippen LogP contribution is 2.41. The molecule has 4 fully saturated rings. The van der Waals surface area contributed by atoms with E-state index in [1.54, 1.807) is 0 Å². The first-order valence-corrected chi connectivity index (χ1v) is 25.4. The lowest BCUT2D eigenvalue weighted by molar-refractivity contribution is -0.394. The number of rotatable bonds is 19. The molecule has 0 spiro atoms. The van der Waals surface area contributed by atoms with Crippen LogP contribution in [0.3, 0.4) is 0 Å². The molecule has 4 rings (SSSR count). The fraction of sp³-hybridized carbons (Fsp3) is 0.766. The maximum absolute atomic E-state index is 13.2. The molecule has 32 heteroatoms. The summed E-state index contributed by atoms with van der Waals surface area (Å²) in [7, 11) is 0. The molecule has 0 aromatic rings. The van der Waals surface area contributed by atoms with Crippen molar-refractivity contribution in [3.63, 3.8) is 0 Å². The monoisotopic (exact) mass is 1200 g/mol. The number of nitrogens with one attached hydrogen (secondary N) is 1. The van der Waals surface area contributed by atoms with E-state index in [4.69, 9.17) is 125 Å². The van der Waals surface area contributed by atoms with E-state index in [2.05, 4.69) is 0 Å². The molecule has 446 valence electrons. The van der Waals surface area contributed by atoms with Crippen molar-refractivity contribution in [3.8, 4) is 0 Å². The van der Waals surface area contributed by atoms with Crippen molar-refractivity contribution in [2.45, 2.75) is 211 Å². The van der Waals surface area contributed by atoms with Crippen LogP contribution in [-0.4, -0.2) is 199 Å². The summed E-state index contributed by atoms with van der Waals surface area (Å²) in [5, 5.41) is 8.47. The van der Waals surface area contributed by atoms with E-state index in [1.165, 1.54) is 20.8 Å². The summed E-state index contributed by atoms with van der Waals surface area (Å²) in [5.74, 6) is -11.8. The molecule has 0 radical (unpaired) electrons. The van der Waals surface area contributed by atoms with Crippen molar-refractivity contribution in [2.24, 2.45) is 5.92 Å². The summed E-state index contributed by atoms with van der Waals surface area (Å²) < 4.78 is 104. The Kier molecular flexibility index (Phi) is 24.3. The molecule has 29 nitrogen and oxygen atoms in total. The lowest BCUT2D eigenvalue weighted by atomic mass is 9.90. The second kappa shape index (κ2) is 29.0. The zero-order valence-electron chi connectivity index (χ0n) is 45.0. The molecule has 0 aromatic heterocycles. The van der Waals surface area contributed by atoms with Crippen molar-refractivity contribution in [2.75, 3.05) is 13.2 Å². The van der Waals surface area contributed by atoms with Crippen LogP contribution < -0.4 is 0 Å². The van der Waals surface area contributed by atoms with Gasteiger partial charge in [-0.25, -0.2) is 0 Å². The van der Waals surface area contributed by atoms with E-state index in [0.29, 0.717) is 0 Å².